The molecule has 3 aromatic heterocycles. The highest BCUT2D eigenvalue weighted by Crippen LogP contribution is 2.47. The van der Waals surface area contributed by atoms with Crippen LogP contribution >= 0.6 is 23.2 Å². The van der Waals surface area contributed by atoms with Crippen molar-refractivity contribution in [3.63, 3.8) is 0 Å². The number of ketones is 1. The van der Waals surface area contributed by atoms with Crippen LogP contribution in [0.15, 0.2) is 61.6 Å². The van der Waals surface area contributed by atoms with Crippen molar-refractivity contribution in [2.45, 2.75) is 19.3 Å². The third kappa shape index (κ3) is 6.20. The van der Waals surface area contributed by atoms with Crippen molar-refractivity contribution in [3.05, 3.63) is 77.2 Å². The van der Waals surface area contributed by atoms with Crippen molar-refractivity contribution in [1.82, 2.24) is 24.3 Å². The normalized spacial score (nSPS) is 15.3. The summed E-state index contributed by atoms with van der Waals surface area (Å²) >= 11 is 13.6. The molecule has 1 N–H and O–H groups in total. The lowest BCUT2D eigenvalue weighted by Gasteiger charge is -2.36. The minimum absolute atomic E-state index is 0.0574. The van der Waals surface area contributed by atoms with Crippen molar-refractivity contribution in [1.29, 1.82) is 0 Å². The fourth-order valence-corrected chi connectivity index (χ4v) is 6.92. The largest absolute Gasteiger partial charge is 0.495 e. The van der Waals surface area contributed by atoms with Crippen LogP contribution in [0.4, 0.5) is 17.3 Å². The lowest BCUT2D eigenvalue weighted by atomic mass is 10.0. The Morgan fingerprint density at radius 3 is 2.45 bits per heavy atom. The quantitative estimate of drug-likeness (QED) is 0.151. The molecule has 0 radical (unpaired) electrons. The maximum Gasteiger partial charge on any atom is 0.229 e. The number of hydrogen-bond acceptors (Lipinski definition) is 9. The molecule has 0 spiro atoms. The van der Waals surface area contributed by atoms with Crippen LogP contribution in [0.3, 0.4) is 0 Å². The first-order chi connectivity index (χ1) is 22.9. The number of benzene rings is 2. The number of rotatable bonds is 11. The molecule has 2 aromatic carbocycles. The number of pyridine rings is 1. The van der Waals surface area contributed by atoms with E-state index in [1.807, 2.05) is 22.7 Å². The molecule has 12 heteroatoms. The molecule has 1 saturated carbocycles. The van der Waals surface area contributed by atoms with Crippen LogP contribution in [0.1, 0.15) is 18.4 Å². The molecule has 0 bridgehead atoms. The van der Waals surface area contributed by atoms with Crippen molar-refractivity contribution in [3.8, 4) is 22.6 Å². The molecule has 2 aliphatic rings. The summed E-state index contributed by atoms with van der Waals surface area (Å²) in [5, 5.41) is 4.79. The highest BCUT2D eigenvalue weighted by Gasteiger charge is 2.27. The average Bonchev–Trinajstić information content (AvgIpc) is 3.76. The van der Waals surface area contributed by atoms with Gasteiger partial charge in [-0.2, -0.15) is 4.98 Å². The summed E-state index contributed by atoms with van der Waals surface area (Å²) in [4.78, 5) is 31.6. The number of carbonyl (C=O) groups is 1. The molecule has 47 heavy (non-hydrogen) atoms. The number of methoxy groups -OCH3 is 2. The predicted molar refractivity (Wildman–Crippen MR) is 187 cm³/mol. The van der Waals surface area contributed by atoms with Crippen molar-refractivity contribution in [2.24, 2.45) is 5.92 Å². The summed E-state index contributed by atoms with van der Waals surface area (Å²) in [5.41, 5.74) is 5.16. The van der Waals surface area contributed by atoms with E-state index in [1.54, 1.807) is 18.5 Å². The van der Waals surface area contributed by atoms with Gasteiger partial charge in [0.15, 0.2) is 11.4 Å². The minimum Gasteiger partial charge on any atom is -0.495 e. The smallest absolute Gasteiger partial charge is 0.229 e. The molecule has 0 atom stereocenters. The summed E-state index contributed by atoms with van der Waals surface area (Å²) in [7, 11) is 3.07. The van der Waals surface area contributed by atoms with Gasteiger partial charge in [-0.15, -0.1) is 0 Å². The first-order valence-corrected chi connectivity index (χ1v) is 16.4. The Morgan fingerprint density at radius 1 is 1.02 bits per heavy atom. The number of halogens is 2. The molecule has 1 saturated heterocycles. The van der Waals surface area contributed by atoms with Crippen molar-refractivity contribution >= 4 is 63.0 Å². The standard InChI is InChI=1S/C35H35Cl2N7O3/c1-4-25(45)16-22-15-24(43-13-11-42(12-14-43)20-21-5-6-21)7-8-27(22)40-35-39-19-23-17-26(34-38-9-10-44(34)33(23)41-35)30-31(36)28(46-2)18-29(47-3)32(30)37/h4,7-10,15,17-19,21H,1,5-6,11-14,16,20H2,2-3H3,(H,39,40,41). The van der Waals surface area contributed by atoms with Crippen LogP contribution in [0, 0.1) is 5.92 Å². The second-order valence-electron chi connectivity index (χ2n) is 12.0. The Kier molecular flexibility index (Phi) is 8.65. The number of anilines is 3. The fourth-order valence-electron chi connectivity index (χ4n) is 6.22. The number of ether oxygens (including phenoxy) is 2. The van der Waals surface area contributed by atoms with E-state index < -0.39 is 0 Å². The molecule has 1 aliphatic carbocycles. The van der Waals surface area contributed by atoms with Gasteiger partial charge in [0.2, 0.25) is 5.95 Å². The summed E-state index contributed by atoms with van der Waals surface area (Å²) in [6.07, 6.45) is 9.57. The van der Waals surface area contributed by atoms with E-state index in [-0.39, 0.29) is 12.2 Å². The van der Waals surface area contributed by atoms with E-state index in [1.165, 1.54) is 39.7 Å². The predicted octanol–water partition coefficient (Wildman–Crippen LogP) is 6.84. The van der Waals surface area contributed by atoms with E-state index >= 15 is 0 Å². The van der Waals surface area contributed by atoms with E-state index in [2.05, 4.69) is 43.8 Å². The lowest BCUT2D eigenvalue weighted by molar-refractivity contribution is -0.114. The zero-order chi connectivity index (χ0) is 32.7. The van der Waals surface area contributed by atoms with Crippen LogP contribution in [0.2, 0.25) is 10.0 Å². The number of fused-ring (bicyclic) bond motifs is 3. The summed E-state index contributed by atoms with van der Waals surface area (Å²) in [5.74, 6) is 2.07. The van der Waals surface area contributed by atoms with Crippen LogP contribution in [0.25, 0.3) is 27.8 Å². The Balaban J connectivity index is 1.22. The summed E-state index contributed by atoms with van der Waals surface area (Å²) < 4.78 is 12.9. The van der Waals surface area contributed by atoms with Crippen LogP contribution in [-0.2, 0) is 11.2 Å². The van der Waals surface area contributed by atoms with Crippen molar-refractivity contribution in [2.75, 3.05) is 57.2 Å². The number of imidazole rings is 1. The van der Waals surface area contributed by atoms with Crippen LogP contribution in [-0.4, -0.2) is 77.0 Å². The lowest BCUT2D eigenvalue weighted by Crippen LogP contribution is -2.47. The summed E-state index contributed by atoms with van der Waals surface area (Å²) in [6.45, 7) is 8.93. The van der Waals surface area contributed by atoms with Gasteiger partial charge in [-0.05, 0) is 54.7 Å². The minimum atomic E-state index is -0.0574. The number of carbonyl (C=O) groups excluding carboxylic acids is 1. The van der Waals surface area contributed by atoms with Crippen LogP contribution < -0.4 is 19.7 Å². The number of hydrogen-bond donors (Lipinski definition) is 1. The van der Waals surface area contributed by atoms with Gasteiger partial charge >= 0.3 is 0 Å². The molecule has 2 fully saturated rings. The maximum absolute atomic E-state index is 12.6. The van der Waals surface area contributed by atoms with E-state index in [9.17, 15) is 4.79 Å². The fraction of sp³-hybridized carbons (Fsp3) is 0.314. The summed E-state index contributed by atoms with van der Waals surface area (Å²) in [6, 6.07) is 9.75. The maximum atomic E-state index is 12.6. The highest BCUT2D eigenvalue weighted by molar-refractivity contribution is 6.41. The topological polar surface area (TPSA) is 97.1 Å². The number of piperazine rings is 1. The second-order valence-corrected chi connectivity index (χ2v) is 12.7. The third-order valence-corrected chi connectivity index (χ3v) is 9.68. The Labute approximate surface area is 282 Å². The van der Waals surface area contributed by atoms with Gasteiger partial charge in [0.1, 0.15) is 17.1 Å². The van der Waals surface area contributed by atoms with Gasteiger partial charge in [0, 0.05) is 91.7 Å². The molecular weight excluding hydrogens is 637 g/mol. The molecule has 4 heterocycles. The third-order valence-electron chi connectivity index (χ3n) is 8.93. The SMILES string of the molecule is C=CC(=O)Cc1cc(N2CCN(CC3CC3)CC2)ccc1Nc1ncc2cc(-c3c(Cl)c(OC)cc(OC)c3Cl)c3nccn3c2n1. The van der Waals surface area contributed by atoms with E-state index in [0.29, 0.717) is 49.9 Å². The van der Waals surface area contributed by atoms with Gasteiger partial charge in [-0.1, -0.05) is 29.8 Å². The number of allylic oxidation sites excluding steroid dienone is 1. The zero-order valence-electron chi connectivity index (χ0n) is 26.3. The second kappa shape index (κ2) is 13.0. The zero-order valence-corrected chi connectivity index (χ0v) is 27.8. The van der Waals surface area contributed by atoms with Gasteiger partial charge in [0.25, 0.3) is 0 Å². The monoisotopic (exact) mass is 671 g/mol. The van der Waals surface area contributed by atoms with E-state index in [0.717, 1.165) is 54.4 Å². The number of nitrogens with one attached hydrogen (secondary N) is 1. The van der Waals surface area contributed by atoms with Gasteiger partial charge in [-0.3, -0.25) is 14.1 Å². The molecule has 5 aromatic rings. The molecule has 0 amide bonds. The van der Waals surface area contributed by atoms with Gasteiger partial charge in [-0.25, -0.2) is 9.97 Å². The Hall–Kier alpha value is -4.38. The molecule has 242 valence electrons. The molecular formula is C35H35Cl2N7O3. The first kappa shape index (κ1) is 31.2. The molecule has 0 unspecified atom stereocenters. The van der Waals surface area contributed by atoms with Gasteiger partial charge in [0.05, 0.1) is 24.3 Å². The van der Waals surface area contributed by atoms with Gasteiger partial charge < -0.3 is 19.7 Å². The highest BCUT2D eigenvalue weighted by atomic mass is 35.5. The number of aromatic nitrogens is 4. The molecule has 1 aliphatic heterocycles. The average molecular weight is 673 g/mol. The Bertz CT molecular complexity index is 1970. The number of nitrogens with zero attached hydrogens (tertiary/aromatic N) is 6. The first-order valence-electron chi connectivity index (χ1n) is 15.6. The van der Waals surface area contributed by atoms with E-state index in [4.69, 9.17) is 37.7 Å². The Morgan fingerprint density at radius 2 is 1.77 bits per heavy atom. The molecule has 7 rings (SSSR count). The van der Waals surface area contributed by atoms with Crippen molar-refractivity contribution < 1.29 is 14.3 Å². The van der Waals surface area contributed by atoms with Crippen LogP contribution in [0.5, 0.6) is 11.5 Å². The molecule has 10 nitrogen and oxygen atoms in total.